The van der Waals surface area contributed by atoms with Crippen molar-refractivity contribution in [1.29, 1.82) is 0 Å². The lowest BCUT2D eigenvalue weighted by Crippen LogP contribution is -2.80. The van der Waals surface area contributed by atoms with Crippen molar-refractivity contribution in [1.82, 2.24) is 4.57 Å². The van der Waals surface area contributed by atoms with Crippen molar-refractivity contribution in [3.05, 3.63) is 71.8 Å². The molecule has 1 aromatic heterocycles. The second kappa shape index (κ2) is 6.63. The summed E-state index contributed by atoms with van der Waals surface area (Å²) in [6.07, 6.45) is 0. The number of fused-ring (bicyclic) bond motifs is 4. The number of hydrogen-bond acceptors (Lipinski definition) is 2. The Morgan fingerprint density at radius 2 is 1.56 bits per heavy atom. The fraction of sp³-hybridized carbons (Fsp3) is 0.217. The smallest absolute Gasteiger partial charge is 0.231 e. The van der Waals surface area contributed by atoms with E-state index >= 15 is 0 Å². The molecule has 0 atom stereocenters. The van der Waals surface area contributed by atoms with Crippen LogP contribution >= 0.6 is 0 Å². The van der Waals surface area contributed by atoms with Gasteiger partial charge in [-0.1, -0.05) is 24.3 Å². The third kappa shape index (κ3) is 2.82. The van der Waals surface area contributed by atoms with Crippen LogP contribution in [-0.4, -0.2) is 11.4 Å². The molecule has 27 heavy (non-hydrogen) atoms. The standard InChI is InChI=1S/C23H22N2O2/c1-2-25-20-6-4-3-5-18(20)19-11-16(7-9-21(19)25)13-24-14-17-8-10-22-23(12-17)27-15-26-22/h3-12,24H,2,13-15H2,1H3/p+1. The number of aryl methyl sites for hydroxylation is 1. The van der Waals surface area contributed by atoms with E-state index in [0.29, 0.717) is 6.79 Å². The summed E-state index contributed by atoms with van der Waals surface area (Å²) in [5.74, 6) is 1.70. The minimum Gasteiger partial charge on any atom is -0.454 e. The Bertz CT molecular complexity index is 1130. The number of nitrogens with zero attached hydrogens (tertiary/aromatic N) is 1. The maximum atomic E-state index is 5.47. The Kier molecular flexibility index (Phi) is 3.98. The lowest BCUT2D eigenvalue weighted by atomic mass is 10.1. The van der Waals surface area contributed by atoms with E-state index in [4.69, 9.17) is 9.47 Å². The molecule has 4 heteroatoms. The first-order chi connectivity index (χ1) is 13.3. The lowest BCUT2D eigenvalue weighted by Gasteiger charge is -2.05. The van der Waals surface area contributed by atoms with Crippen molar-refractivity contribution in [2.75, 3.05) is 6.79 Å². The van der Waals surface area contributed by atoms with Gasteiger partial charge in [0, 0.05) is 39.5 Å². The molecule has 1 aliphatic heterocycles. The number of rotatable bonds is 5. The highest BCUT2D eigenvalue weighted by molar-refractivity contribution is 6.08. The van der Waals surface area contributed by atoms with Crippen LogP contribution in [-0.2, 0) is 19.6 Å². The van der Waals surface area contributed by atoms with Crippen molar-refractivity contribution in [3.63, 3.8) is 0 Å². The SMILES string of the molecule is CCn1c2ccccc2c2cc(C[NH2+]Cc3ccc4c(c3)OCO4)ccc21. The number of nitrogens with two attached hydrogens (primary N) is 1. The number of ether oxygens (including phenoxy) is 2. The first-order valence-corrected chi connectivity index (χ1v) is 9.53. The molecule has 2 heterocycles. The van der Waals surface area contributed by atoms with Crippen LogP contribution in [0, 0.1) is 0 Å². The summed E-state index contributed by atoms with van der Waals surface area (Å²) in [6.45, 7) is 5.40. The predicted molar refractivity (Wildman–Crippen MR) is 107 cm³/mol. The van der Waals surface area contributed by atoms with Crippen LogP contribution in [0.25, 0.3) is 21.8 Å². The van der Waals surface area contributed by atoms with Crippen molar-refractivity contribution < 1.29 is 14.8 Å². The average Bonchev–Trinajstić information content (AvgIpc) is 3.29. The minimum absolute atomic E-state index is 0.327. The zero-order valence-corrected chi connectivity index (χ0v) is 15.4. The molecule has 0 bridgehead atoms. The maximum absolute atomic E-state index is 5.47. The monoisotopic (exact) mass is 359 g/mol. The molecule has 1 aliphatic rings. The highest BCUT2D eigenvalue weighted by atomic mass is 16.7. The van der Waals surface area contributed by atoms with E-state index in [9.17, 15) is 0 Å². The summed E-state index contributed by atoms with van der Waals surface area (Å²) >= 11 is 0. The van der Waals surface area contributed by atoms with Crippen molar-refractivity contribution >= 4 is 21.8 Å². The molecule has 5 rings (SSSR count). The molecule has 0 fully saturated rings. The zero-order chi connectivity index (χ0) is 18.2. The fourth-order valence-electron chi connectivity index (χ4n) is 4.04. The first-order valence-electron chi connectivity index (χ1n) is 9.53. The molecule has 0 amide bonds. The topological polar surface area (TPSA) is 40.0 Å². The summed E-state index contributed by atoms with van der Waals surface area (Å²) in [4.78, 5) is 0. The molecule has 136 valence electrons. The van der Waals surface area contributed by atoms with Gasteiger partial charge >= 0.3 is 0 Å². The molecular weight excluding hydrogens is 336 g/mol. The molecule has 0 saturated carbocycles. The Labute approximate surface area is 158 Å². The van der Waals surface area contributed by atoms with Gasteiger partial charge in [0.15, 0.2) is 11.5 Å². The Balaban J connectivity index is 1.37. The van der Waals surface area contributed by atoms with Crippen LogP contribution in [0.5, 0.6) is 11.5 Å². The average molecular weight is 359 g/mol. The summed E-state index contributed by atoms with van der Waals surface area (Å²) < 4.78 is 13.2. The van der Waals surface area contributed by atoms with Crippen LogP contribution in [0.1, 0.15) is 18.1 Å². The number of aromatic nitrogens is 1. The van der Waals surface area contributed by atoms with Crippen LogP contribution in [0.4, 0.5) is 0 Å². The Hall–Kier alpha value is -2.98. The van der Waals surface area contributed by atoms with E-state index in [2.05, 4.69) is 71.4 Å². The number of para-hydroxylation sites is 1. The fourth-order valence-corrected chi connectivity index (χ4v) is 4.04. The third-order valence-corrected chi connectivity index (χ3v) is 5.35. The minimum atomic E-state index is 0.327. The second-order valence-corrected chi connectivity index (χ2v) is 7.00. The molecule has 0 spiro atoms. The molecule has 4 nitrogen and oxygen atoms in total. The van der Waals surface area contributed by atoms with Crippen LogP contribution in [0.3, 0.4) is 0 Å². The van der Waals surface area contributed by atoms with Gasteiger partial charge < -0.3 is 19.4 Å². The predicted octanol–water partition coefficient (Wildman–Crippen LogP) is 3.81. The van der Waals surface area contributed by atoms with E-state index < -0.39 is 0 Å². The van der Waals surface area contributed by atoms with Crippen molar-refractivity contribution in [2.45, 2.75) is 26.6 Å². The van der Waals surface area contributed by atoms with Gasteiger partial charge in [-0.05, 0) is 43.3 Å². The lowest BCUT2D eigenvalue weighted by molar-refractivity contribution is -0.686. The van der Waals surface area contributed by atoms with Crippen molar-refractivity contribution in [3.8, 4) is 11.5 Å². The highest BCUT2D eigenvalue weighted by Gasteiger charge is 2.14. The van der Waals surface area contributed by atoms with Crippen LogP contribution < -0.4 is 14.8 Å². The zero-order valence-electron chi connectivity index (χ0n) is 15.4. The van der Waals surface area contributed by atoms with E-state index in [1.54, 1.807) is 0 Å². The molecule has 3 aromatic carbocycles. The molecule has 0 aliphatic carbocycles. The largest absolute Gasteiger partial charge is 0.454 e. The summed E-state index contributed by atoms with van der Waals surface area (Å²) in [5.41, 5.74) is 5.24. The van der Waals surface area contributed by atoms with E-state index in [1.807, 2.05) is 6.07 Å². The normalized spacial score (nSPS) is 12.9. The molecule has 0 unspecified atom stereocenters. The van der Waals surface area contributed by atoms with Gasteiger partial charge in [-0.15, -0.1) is 0 Å². The molecule has 0 saturated heterocycles. The Morgan fingerprint density at radius 3 is 2.44 bits per heavy atom. The van der Waals surface area contributed by atoms with E-state index in [1.165, 1.54) is 32.9 Å². The van der Waals surface area contributed by atoms with E-state index in [0.717, 1.165) is 31.1 Å². The number of hydrogen-bond donors (Lipinski definition) is 1. The van der Waals surface area contributed by atoms with E-state index in [-0.39, 0.29) is 0 Å². The van der Waals surface area contributed by atoms with Gasteiger partial charge in [0.05, 0.1) is 0 Å². The second-order valence-electron chi connectivity index (χ2n) is 7.00. The van der Waals surface area contributed by atoms with Crippen LogP contribution in [0.2, 0.25) is 0 Å². The Morgan fingerprint density at radius 1 is 0.815 bits per heavy atom. The number of benzene rings is 3. The number of quaternary nitrogens is 1. The van der Waals surface area contributed by atoms with Gasteiger partial charge in [-0.25, -0.2) is 0 Å². The van der Waals surface area contributed by atoms with Crippen LogP contribution in [0.15, 0.2) is 60.7 Å². The highest BCUT2D eigenvalue weighted by Crippen LogP contribution is 2.32. The van der Waals surface area contributed by atoms with Gasteiger partial charge in [-0.2, -0.15) is 0 Å². The van der Waals surface area contributed by atoms with Gasteiger partial charge in [0.2, 0.25) is 6.79 Å². The van der Waals surface area contributed by atoms with Gasteiger partial charge in [0.25, 0.3) is 0 Å². The summed E-state index contributed by atoms with van der Waals surface area (Å²) in [6, 6.07) is 21.7. The van der Waals surface area contributed by atoms with Gasteiger partial charge in [-0.3, -0.25) is 0 Å². The first kappa shape index (κ1) is 16.2. The quantitative estimate of drug-likeness (QED) is 0.589. The summed E-state index contributed by atoms with van der Waals surface area (Å²) in [5, 5.41) is 5.02. The molecule has 0 radical (unpaired) electrons. The molecular formula is C23H23N2O2+. The summed E-state index contributed by atoms with van der Waals surface area (Å²) in [7, 11) is 0. The maximum Gasteiger partial charge on any atom is 0.231 e. The third-order valence-electron chi connectivity index (χ3n) is 5.35. The molecule has 4 aromatic rings. The molecule has 2 N–H and O–H groups in total. The van der Waals surface area contributed by atoms with Gasteiger partial charge in [0.1, 0.15) is 13.1 Å². The van der Waals surface area contributed by atoms with Crippen molar-refractivity contribution in [2.24, 2.45) is 0 Å².